The first-order valence-electron chi connectivity index (χ1n) is 6.26. The second-order valence-electron chi connectivity index (χ2n) is 4.39. The maximum absolute atomic E-state index is 12.3. The number of methoxy groups -OCH3 is 1. The van der Waals surface area contributed by atoms with E-state index in [4.69, 9.17) is 4.74 Å². The number of nitrogens with zero attached hydrogens (tertiary/aromatic N) is 2. The molecule has 0 aliphatic rings. The summed E-state index contributed by atoms with van der Waals surface area (Å²) in [5, 5.41) is 0. The Bertz CT molecular complexity index is 814. The molecule has 0 aliphatic heterocycles. The van der Waals surface area contributed by atoms with Crippen LogP contribution in [0.25, 0.3) is 11.0 Å². The molecule has 2 aromatic carbocycles. The molecular formula is C15H12BrN3O2. The molecule has 6 heteroatoms. The minimum Gasteiger partial charge on any atom is -0.496 e. The van der Waals surface area contributed by atoms with Crippen molar-refractivity contribution in [3.05, 3.63) is 58.8 Å². The number of ether oxygens (including phenoxy) is 1. The number of benzene rings is 2. The summed E-state index contributed by atoms with van der Waals surface area (Å²) >= 11 is 3.37. The number of hydrogen-bond donors (Lipinski definition) is 1. The van der Waals surface area contributed by atoms with Crippen LogP contribution in [-0.2, 0) is 0 Å². The molecule has 0 spiro atoms. The molecule has 0 fully saturated rings. The van der Waals surface area contributed by atoms with Gasteiger partial charge in [-0.05, 0) is 46.3 Å². The van der Waals surface area contributed by atoms with Crippen molar-refractivity contribution in [2.45, 2.75) is 0 Å². The number of fused-ring (bicyclic) bond motifs is 1. The first-order valence-corrected chi connectivity index (χ1v) is 7.05. The second kappa shape index (κ2) is 5.57. The minimum absolute atomic E-state index is 0.221. The number of carbonyl (C=O) groups excluding carboxylic acids is 1. The van der Waals surface area contributed by atoms with E-state index in [1.54, 1.807) is 36.3 Å². The van der Waals surface area contributed by atoms with Gasteiger partial charge in [-0.1, -0.05) is 12.1 Å². The Morgan fingerprint density at radius 2 is 2.10 bits per heavy atom. The summed E-state index contributed by atoms with van der Waals surface area (Å²) in [5.74, 6) is 0.459. The molecule has 1 aromatic heterocycles. The van der Waals surface area contributed by atoms with Crippen LogP contribution in [-0.4, -0.2) is 22.7 Å². The fraction of sp³-hybridized carbons (Fsp3) is 0.0667. The van der Waals surface area contributed by atoms with Gasteiger partial charge in [0.2, 0.25) is 0 Å². The number of imidazole rings is 1. The van der Waals surface area contributed by atoms with Gasteiger partial charge in [-0.15, -0.1) is 0 Å². The van der Waals surface area contributed by atoms with Crippen LogP contribution in [0.5, 0.6) is 5.75 Å². The third-order valence-electron chi connectivity index (χ3n) is 3.09. The average Bonchev–Trinajstić information content (AvgIpc) is 2.90. The minimum atomic E-state index is -0.221. The molecule has 3 rings (SSSR count). The molecule has 106 valence electrons. The number of aromatic nitrogens is 2. The summed E-state index contributed by atoms with van der Waals surface area (Å²) in [4.78, 5) is 16.5. The number of carbonyl (C=O) groups is 1. The van der Waals surface area contributed by atoms with E-state index in [0.29, 0.717) is 11.3 Å². The molecule has 5 nitrogen and oxygen atoms in total. The SMILES string of the molecule is COc1ccc(C(=O)Nn2cnc3ccccc32)cc1Br. The largest absolute Gasteiger partial charge is 0.496 e. The summed E-state index contributed by atoms with van der Waals surface area (Å²) in [5.41, 5.74) is 5.00. The number of halogens is 1. The van der Waals surface area contributed by atoms with Crippen LogP contribution in [0.4, 0.5) is 0 Å². The van der Waals surface area contributed by atoms with Gasteiger partial charge in [0.15, 0.2) is 0 Å². The number of hydrogen-bond acceptors (Lipinski definition) is 3. The van der Waals surface area contributed by atoms with E-state index < -0.39 is 0 Å². The Morgan fingerprint density at radius 3 is 2.86 bits per heavy atom. The lowest BCUT2D eigenvalue weighted by Gasteiger charge is -2.09. The topological polar surface area (TPSA) is 56.1 Å². The molecule has 0 aliphatic carbocycles. The Morgan fingerprint density at radius 1 is 1.29 bits per heavy atom. The molecule has 3 aromatic rings. The first-order chi connectivity index (χ1) is 10.2. The monoisotopic (exact) mass is 345 g/mol. The van der Waals surface area contributed by atoms with Gasteiger partial charge in [0.25, 0.3) is 5.91 Å². The van der Waals surface area contributed by atoms with Crippen molar-refractivity contribution >= 4 is 32.9 Å². The van der Waals surface area contributed by atoms with Gasteiger partial charge in [0.05, 0.1) is 22.6 Å². The lowest BCUT2D eigenvalue weighted by atomic mass is 10.2. The number of nitrogens with one attached hydrogen (secondary N) is 1. The molecule has 21 heavy (non-hydrogen) atoms. The van der Waals surface area contributed by atoms with Crippen LogP contribution in [0.3, 0.4) is 0 Å². The van der Waals surface area contributed by atoms with E-state index in [9.17, 15) is 4.79 Å². The normalized spacial score (nSPS) is 10.6. The fourth-order valence-corrected chi connectivity index (χ4v) is 2.57. The maximum Gasteiger partial charge on any atom is 0.270 e. The molecule has 1 heterocycles. The predicted molar refractivity (Wildman–Crippen MR) is 84.1 cm³/mol. The highest BCUT2D eigenvalue weighted by Gasteiger charge is 2.10. The van der Waals surface area contributed by atoms with E-state index >= 15 is 0 Å². The Hall–Kier alpha value is -2.34. The van der Waals surface area contributed by atoms with E-state index in [0.717, 1.165) is 15.5 Å². The van der Waals surface area contributed by atoms with Crippen molar-refractivity contribution in [3.63, 3.8) is 0 Å². The van der Waals surface area contributed by atoms with Crippen LogP contribution in [0.2, 0.25) is 0 Å². The van der Waals surface area contributed by atoms with E-state index in [2.05, 4.69) is 26.3 Å². The zero-order valence-corrected chi connectivity index (χ0v) is 12.8. The van der Waals surface area contributed by atoms with Crippen molar-refractivity contribution in [1.82, 2.24) is 9.66 Å². The highest BCUT2D eigenvalue weighted by molar-refractivity contribution is 9.10. The Kier molecular flexibility index (Phi) is 3.62. The van der Waals surface area contributed by atoms with Gasteiger partial charge >= 0.3 is 0 Å². The lowest BCUT2D eigenvalue weighted by molar-refractivity contribution is 0.101. The Labute approximate surface area is 129 Å². The van der Waals surface area contributed by atoms with Crippen molar-refractivity contribution in [3.8, 4) is 5.75 Å². The summed E-state index contributed by atoms with van der Waals surface area (Å²) in [6.07, 6.45) is 1.58. The van der Waals surface area contributed by atoms with E-state index in [1.807, 2.05) is 24.3 Å². The van der Waals surface area contributed by atoms with Gasteiger partial charge in [-0.25, -0.2) is 9.66 Å². The summed E-state index contributed by atoms with van der Waals surface area (Å²) in [7, 11) is 1.58. The highest BCUT2D eigenvalue weighted by Crippen LogP contribution is 2.25. The quantitative estimate of drug-likeness (QED) is 0.792. The van der Waals surface area contributed by atoms with Crippen LogP contribution in [0, 0.1) is 0 Å². The van der Waals surface area contributed by atoms with Gasteiger partial charge in [0.1, 0.15) is 12.1 Å². The van der Waals surface area contributed by atoms with Crippen LogP contribution < -0.4 is 10.2 Å². The van der Waals surface area contributed by atoms with Crippen LogP contribution in [0.15, 0.2) is 53.3 Å². The van der Waals surface area contributed by atoms with Crippen molar-refractivity contribution in [1.29, 1.82) is 0 Å². The average molecular weight is 346 g/mol. The van der Waals surface area contributed by atoms with Gasteiger partial charge in [-0.2, -0.15) is 0 Å². The summed E-state index contributed by atoms with van der Waals surface area (Å²) < 4.78 is 7.49. The third kappa shape index (κ3) is 2.62. The molecule has 0 atom stereocenters. The number of amides is 1. The molecule has 0 bridgehead atoms. The smallest absolute Gasteiger partial charge is 0.270 e. The van der Waals surface area contributed by atoms with Crippen molar-refractivity contribution < 1.29 is 9.53 Å². The van der Waals surface area contributed by atoms with Crippen molar-refractivity contribution in [2.24, 2.45) is 0 Å². The lowest BCUT2D eigenvalue weighted by Crippen LogP contribution is -2.22. The predicted octanol–water partition coefficient (Wildman–Crippen LogP) is 3.19. The number of rotatable bonds is 3. The molecule has 0 unspecified atom stereocenters. The van der Waals surface area contributed by atoms with Crippen LogP contribution in [0.1, 0.15) is 10.4 Å². The molecule has 1 N–H and O–H groups in total. The second-order valence-corrected chi connectivity index (χ2v) is 5.25. The maximum atomic E-state index is 12.3. The Balaban J connectivity index is 1.88. The van der Waals surface area contributed by atoms with E-state index in [1.165, 1.54) is 0 Å². The number of para-hydroxylation sites is 2. The van der Waals surface area contributed by atoms with Gasteiger partial charge in [0, 0.05) is 5.56 Å². The molecular weight excluding hydrogens is 334 g/mol. The molecule has 1 amide bonds. The fourth-order valence-electron chi connectivity index (χ4n) is 2.03. The summed E-state index contributed by atoms with van der Waals surface area (Å²) in [6, 6.07) is 12.8. The molecule has 0 saturated carbocycles. The first kappa shape index (κ1) is 13.6. The summed E-state index contributed by atoms with van der Waals surface area (Å²) in [6.45, 7) is 0. The van der Waals surface area contributed by atoms with Gasteiger partial charge in [-0.3, -0.25) is 10.2 Å². The standard InChI is InChI=1S/C15H12BrN3O2/c1-21-14-7-6-10(8-11(14)16)15(20)18-19-9-17-12-4-2-3-5-13(12)19/h2-9H,1H3,(H,18,20). The zero-order valence-electron chi connectivity index (χ0n) is 11.2. The zero-order chi connectivity index (χ0) is 14.8. The van der Waals surface area contributed by atoms with Gasteiger partial charge < -0.3 is 4.74 Å². The van der Waals surface area contributed by atoms with Crippen molar-refractivity contribution in [2.75, 3.05) is 12.5 Å². The van der Waals surface area contributed by atoms with Crippen LogP contribution >= 0.6 is 15.9 Å². The highest BCUT2D eigenvalue weighted by atomic mass is 79.9. The molecule has 0 radical (unpaired) electrons. The molecule has 0 saturated heterocycles. The van der Waals surface area contributed by atoms with E-state index in [-0.39, 0.29) is 5.91 Å². The third-order valence-corrected chi connectivity index (χ3v) is 3.71.